The minimum Gasteiger partial charge on any atom is -0.351 e. The first-order chi connectivity index (χ1) is 12.6. The lowest BCUT2D eigenvalue weighted by atomic mass is 10.2. The molecule has 0 radical (unpaired) electrons. The minimum absolute atomic E-state index is 0.0208. The van der Waals surface area contributed by atoms with E-state index in [-0.39, 0.29) is 18.4 Å². The molecule has 0 aliphatic carbocycles. The first kappa shape index (κ1) is 23.3. The van der Waals surface area contributed by atoms with Gasteiger partial charge in [0.1, 0.15) is 6.23 Å². The number of nitrogens with one attached hydrogen (secondary N) is 1. The van der Waals surface area contributed by atoms with Gasteiger partial charge in [0.2, 0.25) is 0 Å². The molecular formula is C10H17N2O13P3. The van der Waals surface area contributed by atoms with Gasteiger partial charge in [-0.05, 0) is 19.8 Å². The summed E-state index contributed by atoms with van der Waals surface area (Å²) in [6.07, 6.45) is -1.77. The zero-order chi connectivity index (χ0) is 21.5. The Labute approximate surface area is 155 Å². The summed E-state index contributed by atoms with van der Waals surface area (Å²) in [5.41, 5.74) is -1.37. The van der Waals surface area contributed by atoms with Crippen LogP contribution in [0.15, 0.2) is 15.8 Å². The van der Waals surface area contributed by atoms with Crippen LogP contribution in [0.5, 0.6) is 0 Å². The molecule has 15 nitrogen and oxygen atoms in total. The number of hydrogen-bond acceptors (Lipinski definition) is 8. The van der Waals surface area contributed by atoms with Crippen LogP contribution in [0, 0.1) is 6.92 Å². The molecule has 6 N–H and O–H groups in total. The van der Waals surface area contributed by atoms with Gasteiger partial charge in [0.15, 0.2) is 5.85 Å². The fourth-order valence-electron chi connectivity index (χ4n) is 2.54. The Morgan fingerprint density at radius 3 is 2.29 bits per heavy atom. The molecule has 0 aromatic carbocycles. The van der Waals surface area contributed by atoms with Gasteiger partial charge in [-0.3, -0.25) is 23.4 Å². The van der Waals surface area contributed by atoms with Crippen LogP contribution in [-0.2, 0) is 27.3 Å². The molecule has 4 atom stereocenters. The number of phosphoric ester groups is 1. The van der Waals surface area contributed by atoms with Crippen molar-refractivity contribution in [1.29, 1.82) is 0 Å². The lowest BCUT2D eigenvalue weighted by molar-refractivity contribution is -0.0416. The molecule has 1 fully saturated rings. The van der Waals surface area contributed by atoms with Gasteiger partial charge in [-0.1, -0.05) is 0 Å². The van der Waals surface area contributed by atoms with Crippen molar-refractivity contribution >= 4 is 23.2 Å². The third-order valence-corrected chi connectivity index (χ3v) is 7.13. The summed E-state index contributed by atoms with van der Waals surface area (Å²) in [4.78, 5) is 70.6. The molecule has 28 heavy (non-hydrogen) atoms. The lowest BCUT2D eigenvalue weighted by Gasteiger charge is -2.27. The van der Waals surface area contributed by atoms with Gasteiger partial charge in [0.25, 0.3) is 5.56 Å². The summed E-state index contributed by atoms with van der Waals surface area (Å²) < 4.78 is 48.5. The van der Waals surface area contributed by atoms with E-state index in [0.717, 1.165) is 10.8 Å². The maximum atomic E-state index is 12.2. The predicted octanol–water partition coefficient (Wildman–Crippen LogP) is -0.747. The monoisotopic (exact) mass is 466 g/mol. The summed E-state index contributed by atoms with van der Waals surface area (Å²) in [6, 6.07) is 0. The molecule has 0 amide bonds. The third kappa shape index (κ3) is 6.02. The molecule has 1 aromatic rings. The summed E-state index contributed by atoms with van der Waals surface area (Å²) in [5, 5.41) is 0. The number of nitrogens with zero attached hydrogens (tertiary/aromatic N) is 1. The Morgan fingerprint density at radius 1 is 1.14 bits per heavy atom. The summed E-state index contributed by atoms with van der Waals surface area (Å²) in [5.74, 6) is -2.47. The Hall–Kier alpha value is -0.950. The average Bonchev–Trinajstić information content (AvgIpc) is 2.94. The fourth-order valence-corrected chi connectivity index (χ4v) is 6.03. The van der Waals surface area contributed by atoms with Crippen molar-refractivity contribution in [3.63, 3.8) is 0 Å². The number of ether oxygens (including phenoxy) is 1. The number of hydrogen-bond donors (Lipinski definition) is 6. The molecule has 1 aromatic heterocycles. The number of aromatic amines is 1. The van der Waals surface area contributed by atoms with Gasteiger partial charge < -0.3 is 29.2 Å². The second-order valence-corrected chi connectivity index (χ2v) is 10.3. The molecular weight excluding hydrogens is 449 g/mol. The highest BCUT2D eigenvalue weighted by Gasteiger charge is 2.50. The number of aromatic nitrogens is 2. The van der Waals surface area contributed by atoms with Gasteiger partial charge in [0.05, 0.1) is 6.10 Å². The summed E-state index contributed by atoms with van der Waals surface area (Å²) in [6.45, 7) is 1.40. The van der Waals surface area contributed by atoms with E-state index >= 15 is 0 Å². The smallest absolute Gasteiger partial charge is 0.351 e. The van der Waals surface area contributed by atoms with Gasteiger partial charge >= 0.3 is 28.9 Å². The van der Waals surface area contributed by atoms with Crippen LogP contribution in [0.3, 0.4) is 0 Å². The number of H-pyrrole nitrogens is 1. The summed E-state index contributed by atoms with van der Waals surface area (Å²) in [7, 11) is -16.4. The Morgan fingerprint density at radius 2 is 1.75 bits per heavy atom. The molecule has 0 saturated carbocycles. The molecule has 160 valence electrons. The highest BCUT2D eigenvalue weighted by Crippen LogP contribution is 2.64. The van der Waals surface area contributed by atoms with Crippen LogP contribution in [0.25, 0.3) is 0 Å². The van der Waals surface area contributed by atoms with Gasteiger partial charge in [-0.2, -0.15) is 0 Å². The second kappa shape index (κ2) is 8.05. The van der Waals surface area contributed by atoms with E-state index in [1.165, 1.54) is 6.92 Å². The predicted molar refractivity (Wildman–Crippen MR) is 89.1 cm³/mol. The fraction of sp³-hybridized carbons (Fsp3) is 0.600. The minimum atomic E-state index is -5.54. The van der Waals surface area contributed by atoms with Crippen molar-refractivity contribution in [1.82, 2.24) is 9.55 Å². The average molecular weight is 466 g/mol. The molecule has 2 heterocycles. The normalized spacial score (nSPS) is 24.1. The second-order valence-electron chi connectivity index (χ2n) is 5.81. The van der Waals surface area contributed by atoms with Gasteiger partial charge in [-0.15, -0.1) is 0 Å². The molecule has 0 spiro atoms. The highest BCUT2D eigenvalue weighted by molar-refractivity contribution is 7.64. The Bertz CT molecular complexity index is 989. The number of rotatable bonds is 7. The topological polar surface area (TPSA) is 235 Å². The van der Waals surface area contributed by atoms with Crippen LogP contribution in [0.4, 0.5) is 0 Å². The van der Waals surface area contributed by atoms with E-state index in [4.69, 9.17) is 24.3 Å². The molecule has 2 rings (SSSR count). The van der Waals surface area contributed by atoms with Crippen molar-refractivity contribution < 1.29 is 51.7 Å². The number of phosphoric acid groups is 2. The standard InChI is InChI=1S/C10H17N2O13P3/c1-5-4-12(10(14)11-8(5)13)7-3-2-6(23-7)9(24-27(17,18)19)26(15,16)25-28(20,21)22/h4,6-7,9H,2-3H2,1H3,(H,15,16)(H,11,13,14)(H2,17,18,19)(H2,20,21,22)/t6-,7+,9?/m1/s1. The van der Waals surface area contributed by atoms with E-state index < -0.39 is 52.7 Å². The lowest BCUT2D eigenvalue weighted by Crippen LogP contribution is -2.34. The highest BCUT2D eigenvalue weighted by atomic mass is 31.3. The van der Waals surface area contributed by atoms with E-state index in [1.807, 2.05) is 4.98 Å². The van der Waals surface area contributed by atoms with Crippen molar-refractivity contribution in [3.8, 4) is 0 Å². The quantitative estimate of drug-likeness (QED) is 0.272. The van der Waals surface area contributed by atoms with Crippen molar-refractivity contribution in [2.45, 2.75) is 37.9 Å². The Kier molecular flexibility index (Phi) is 6.71. The Balaban J connectivity index is 2.34. The van der Waals surface area contributed by atoms with Crippen LogP contribution >= 0.6 is 23.2 Å². The third-order valence-electron chi connectivity index (χ3n) is 3.59. The molecule has 0 bridgehead atoms. The van der Waals surface area contributed by atoms with Crippen LogP contribution in [0.2, 0.25) is 0 Å². The largest absolute Gasteiger partial charge is 0.476 e. The van der Waals surface area contributed by atoms with Crippen molar-refractivity contribution in [2.75, 3.05) is 0 Å². The van der Waals surface area contributed by atoms with E-state index in [0.29, 0.717) is 0 Å². The number of aryl methyl sites for hydroxylation is 1. The van der Waals surface area contributed by atoms with Gasteiger partial charge in [-0.25, -0.2) is 18.2 Å². The SMILES string of the molecule is Cc1cn([C@@H]2CC[C@H](C(OP(=O)(O)O)P(=O)(O)OP(=O)(O)O)O2)c(=O)[nH]c1=O. The molecule has 1 aliphatic heterocycles. The van der Waals surface area contributed by atoms with Gasteiger partial charge in [0, 0.05) is 11.8 Å². The maximum absolute atomic E-state index is 12.2. The zero-order valence-electron chi connectivity index (χ0n) is 14.0. The maximum Gasteiger partial charge on any atom is 0.476 e. The zero-order valence-corrected chi connectivity index (χ0v) is 16.7. The van der Waals surface area contributed by atoms with E-state index in [1.54, 1.807) is 0 Å². The van der Waals surface area contributed by atoms with Crippen molar-refractivity contribution in [3.05, 3.63) is 32.6 Å². The molecule has 1 aliphatic rings. The van der Waals surface area contributed by atoms with Crippen LogP contribution in [-0.4, -0.2) is 46.0 Å². The molecule has 1 saturated heterocycles. The molecule has 18 heteroatoms. The first-order valence-electron chi connectivity index (χ1n) is 7.40. The molecule has 2 unspecified atom stereocenters. The van der Waals surface area contributed by atoms with Crippen LogP contribution in [0.1, 0.15) is 24.6 Å². The van der Waals surface area contributed by atoms with Crippen LogP contribution < -0.4 is 11.2 Å². The summed E-state index contributed by atoms with van der Waals surface area (Å²) >= 11 is 0. The first-order valence-corrected chi connectivity index (χ1v) is 12.1. The van der Waals surface area contributed by atoms with Crippen molar-refractivity contribution in [2.24, 2.45) is 0 Å². The van der Waals surface area contributed by atoms with E-state index in [9.17, 15) is 28.2 Å². The van der Waals surface area contributed by atoms with E-state index in [2.05, 4.69) is 8.83 Å².